The van der Waals surface area contributed by atoms with Crippen LogP contribution in [0.5, 0.6) is 0 Å². The standard InChI is InChI=1S/C14H16BrNO3/c1-8-7-9(5-6-11(8)15)13(17)16-12-4-2-3-10(12)14(18)19/h5-7,10,12H,2-4H2,1H3,(H,16,17)(H,18,19)/t10-,12+/m0/s1. The predicted molar refractivity (Wildman–Crippen MR) is 75.1 cm³/mol. The molecule has 0 spiro atoms. The van der Waals surface area contributed by atoms with Gasteiger partial charge >= 0.3 is 5.97 Å². The van der Waals surface area contributed by atoms with E-state index in [1.807, 2.05) is 13.0 Å². The van der Waals surface area contributed by atoms with Crippen molar-refractivity contribution in [3.63, 3.8) is 0 Å². The van der Waals surface area contributed by atoms with Crippen LogP contribution in [0.4, 0.5) is 0 Å². The summed E-state index contributed by atoms with van der Waals surface area (Å²) in [6.45, 7) is 1.91. The summed E-state index contributed by atoms with van der Waals surface area (Å²) in [7, 11) is 0. The number of carboxylic acid groups (broad SMARTS) is 1. The highest BCUT2D eigenvalue weighted by Gasteiger charge is 2.33. The van der Waals surface area contributed by atoms with E-state index in [1.165, 1.54) is 0 Å². The van der Waals surface area contributed by atoms with Crippen molar-refractivity contribution in [1.29, 1.82) is 0 Å². The highest BCUT2D eigenvalue weighted by molar-refractivity contribution is 9.10. The number of amides is 1. The van der Waals surface area contributed by atoms with Gasteiger partial charge in [-0.1, -0.05) is 22.4 Å². The molecule has 102 valence electrons. The average Bonchev–Trinajstić information content (AvgIpc) is 2.80. The lowest BCUT2D eigenvalue weighted by molar-refractivity contribution is -0.142. The van der Waals surface area contributed by atoms with Crippen molar-refractivity contribution in [3.05, 3.63) is 33.8 Å². The average molecular weight is 326 g/mol. The van der Waals surface area contributed by atoms with Crippen molar-refractivity contribution in [1.82, 2.24) is 5.32 Å². The first-order valence-corrected chi connectivity index (χ1v) is 7.08. The van der Waals surface area contributed by atoms with Crippen molar-refractivity contribution >= 4 is 27.8 Å². The highest BCUT2D eigenvalue weighted by Crippen LogP contribution is 2.26. The third kappa shape index (κ3) is 3.15. The zero-order chi connectivity index (χ0) is 14.0. The smallest absolute Gasteiger partial charge is 0.308 e. The van der Waals surface area contributed by atoms with Crippen molar-refractivity contribution in [2.45, 2.75) is 32.2 Å². The molecular formula is C14H16BrNO3. The van der Waals surface area contributed by atoms with Crippen LogP contribution in [0.15, 0.2) is 22.7 Å². The molecule has 0 radical (unpaired) electrons. The lowest BCUT2D eigenvalue weighted by Crippen LogP contribution is -2.40. The molecule has 1 aromatic carbocycles. The molecule has 1 saturated carbocycles. The molecule has 0 aliphatic heterocycles. The minimum atomic E-state index is -0.824. The quantitative estimate of drug-likeness (QED) is 0.897. The van der Waals surface area contributed by atoms with Gasteiger partial charge in [0.15, 0.2) is 0 Å². The Morgan fingerprint density at radius 3 is 2.74 bits per heavy atom. The summed E-state index contributed by atoms with van der Waals surface area (Å²) < 4.78 is 0.952. The van der Waals surface area contributed by atoms with Crippen LogP contribution in [-0.4, -0.2) is 23.0 Å². The third-order valence-corrected chi connectivity index (χ3v) is 4.46. The van der Waals surface area contributed by atoms with Crippen molar-refractivity contribution in [2.24, 2.45) is 5.92 Å². The fraction of sp³-hybridized carbons (Fsp3) is 0.429. The number of aliphatic carboxylic acids is 1. The topological polar surface area (TPSA) is 66.4 Å². The molecule has 2 N–H and O–H groups in total. The second kappa shape index (κ2) is 5.74. The number of carbonyl (C=O) groups is 2. The zero-order valence-corrected chi connectivity index (χ0v) is 12.2. The number of aryl methyl sites for hydroxylation is 1. The zero-order valence-electron chi connectivity index (χ0n) is 10.6. The minimum Gasteiger partial charge on any atom is -0.481 e. The maximum absolute atomic E-state index is 12.1. The van der Waals surface area contributed by atoms with Gasteiger partial charge in [-0.2, -0.15) is 0 Å². The normalized spacial score (nSPS) is 22.2. The summed E-state index contributed by atoms with van der Waals surface area (Å²) in [4.78, 5) is 23.2. The molecule has 5 heteroatoms. The molecule has 0 saturated heterocycles. The molecule has 2 rings (SSSR count). The van der Waals surface area contributed by atoms with Gasteiger partial charge in [-0.3, -0.25) is 9.59 Å². The number of halogens is 1. The van der Waals surface area contributed by atoms with E-state index in [-0.39, 0.29) is 11.9 Å². The van der Waals surface area contributed by atoms with Crippen LogP contribution in [0.1, 0.15) is 35.2 Å². The first-order valence-electron chi connectivity index (χ1n) is 6.29. The molecular weight excluding hydrogens is 310 g/mol. The van der Waals surface area contributed by atoms with Gasteiger partial charge in [0.1, 0.15) is 0 Å². The molecule has 19 heavy (non-hydrogen) atoms. The van der Waals surface area contributed by atoms with E-state index in [0.717, 1.165) is 22.9 Å². The lowest BCUT2D eigenvalue weighted by atomic mass is 10.0. The van der Waals surface area contributed by atoms with E-state index in [0.29, 0.717) is 12.0 Å². The minimum absolute atomic E-state index is 0.200. The molecule has 1 aliphatic carbocycles. The van der Waals surface area contributed by atoms with E-state index in [9.17, 15) is 9.59 Å². The fourth-order valence-electron chi connectivity index (χ4n) is 2.47. The van der Waals surface area contributed by atoms with Gasteiger partial charge < -0.3 is 10.4 Å². The molecule has 1 aromatic rings. The van der Waals surface area contributed by atoms with Crippen LogP contribution in [0.2, 0.25) is 0 Å². The molecule has 1 aliphatic rings. The molecule has 4 nitrogen and oxygen atoms in total. The van der Waals surface area contributed by atoms with Gasteiger partial charge in [0.25, 0.3) is 5.91 Å². The second-order valence-electron chi connectivity index (χ2n) is 4.92. The number of hydrogen-bond acceptors (Lipinski definition) is 2. The van der Waals surface area contributed by atoms with Crippen LogP contribution in [-0.2, 0) is 4.79 Å². The number of rotatable bonds is 3. The van der Waals surface area contributed by atoms with E-state index >= 15 is 0 Å². The fourth-order valence-corrected chi connectivity index (χ4v) is 2.71. The Morgan fingerprint density at radius 2 is 2.11 bits per heavy atom. The largest absolute Gasteiger partial charge is 0.481 e. The first-order chi connectivity index (χ1) is 8.99. The summed E-state index contributed by atoms with van der Waals surface area (Å²) in [5, 5.41) is 11.9. The second-order valence-corrected chi connectivity index (χ2v) is 5.77. The maximum Gasteiger partial charge on any atom is 0.308 e. The number of hydrogen-bond donors (Lipinski definition) is 2. The third-order valence-electron chi connectivity index (χ3n) is 3.57. The van der Waals surface area contributed by atoms with Crippen LogP contribution < -0.4 is 5.32 Å². The van der Waals surface area contributed by atoms with Gasteiger partial charge in [0.2, 0.25) is 0 Å². The Hall–Kier alpha value is -1.36. The summed E-state index contributed by atoms with van der Waals surface area (Å²) in [5.74, 6) is -1.48. The molecule has 0 aromatic heterocycles. The highest BCUT2D eigenvalue weighted by atomic mass is 79.9. The van der Waals surface area contributed by atoms with Gasteiger partial charge in [-0.15, -0.1) is 0 Å². The van der Waals surface area contributed by atoms with E-state index in [4.69, 9.17) is 5.11 Å². The van der Waals surface area contributed by atoms with Gasteiger partial charge in [0.05, 0.1) is 5.92 Å². The Morgan fingerprint density at radius 1 is 1.37 bits per heavy atom. The molecule has 0 bridgehead atoms. The SMILES string of the molecule is Cc1cc(C(=O)N[C@@H]2CCC[C@@H]2C(=O)O)ccc1Br. The Balaban J connectivity index is 2.08. The summed E-state index contributed by atoms with van der Waals surface area (Å²) in [6, 6.07) is 5.10. The summed E-state index contributed by atoms with van der Waals surface area (Å²) in [5.41, 5.74) is 1.55. The first kappa shape index (κ1) is 14.1. The molecule has 2 atom stereocenters. The monoisotopic (exact) mass is 325 g/mol. The lowest BCUT2D eigenvalue weighted by Gasteiger charge is -2.17. The van der Waals surface area contributed by atoms with Gasteiger partial charge in [-0.05, 0) is 43.5 Å². The molecule has 1 amide bonds. The summed E-state index contributed by atoms with van der Waals surface area (Å²) >= 11 is 3.39. The van der Waals surface area contributed by atoms with Gasteiger partial charge in [-0.25, -0.2) is 0 Å². The predicted octanol–water partition coefficient (Wildman–Crippen LogP) is 2.74. The molecule has 0 unspecified atom stereocenters. The number of carboxylic acids is 1. The molecule has 0 heterocycles. The van der Waals surface area contributed by atoms with Crippen molar-refractivity contribution in [3.8, 4) is 0 Å². The molecule has 1 fully saturated rings. The van der Waals surface area contributed by atoms with Crippen molar-refractivity contribution < 1.29 is 14.7 Å². The Bertz CT molecular complexity index is 515. The number of nitrogens with one attached hydrogen (secondary N) is 1. The van der Waals surface area contributed by atoms with Gasteiger partial charge in [0, 0.05) is 16.1 Å². The van der Waals surface area contributed by atoms with Crippen LogP contribution in [0.25, 0.3) is 0 Å². The number of carbonyl (C=O) groups excluding carboxylic acids is 1. The van der Waals surface area contributed by atoms with Crippen molar-refractivity contribution in [2.75, 3.05) is 0 Å². The Kier molecular flexibility index (Phi) is 4.24. The number of benzene rings is 1. The van der Waals surface area contributed by atoms with E-state index < -0.39 is 11.9 Å². The van der Waals surface area contributed by atoms with Crippen LogP contribution in [0.3, 0.4) is 0 Å². The van der Waals surface area contributed by atoms with E-state index in [2.05, 4.69) is 21.2 Å². The van der Waals surface area contributed by atoms with Crippen LogP contribution in [0, 0.1) is 12.8 Å². The van der Waals surface area contributed by atoms with Crippen LogP contribution >= 0.6 is 15.9 Å². The maximum atomic E-state index is 12.1. The Labute approximate surface area is 120 Å². The van der Waals surface area contributed by atoms with E-state index in [1.54, 1.807) is 12.1 Å². The summed E-state index contributed by atoms with van der Waals surface area (Å²) in [6.07, 6.45) is 2.22.